The SMILES string of the molecule is NC(=O)c1cc([N+](=O)[O-])ccc1Oc1ccccc1N. The zero-order valence-electron chi connectivity index (χ0n) is 10.3. The Kier molecular flexibility index (Phi) is 3.52. The zero-order valence-corrected chi connectivity index (χ0v) is 10.3. The highest BCUT2D eigenvalue weighted by Crippen LogP contribution is 2.31. The molecule has 7 nitrogen and oxygen atoms in total. The topological polar surface area (TPSA) is 121 Å². The maximum Gasteiger partial charge on any atom is 0.270 e. The Morgan fingerprint density at radius 1 is 1.15 bits per heavy atom. The molecule has 1 amide bonds. The molecule has 102 valence electrons. The molecule has 4 N–H and O–H groups in total. The number of primary amides is 1. The van der Waals surface area contributed by atoms with Crippen molar-refractivity contribution in [1.82, 2.24) is 0 Å². The van der Waals surface area contributed by atoms with Crippen molar-refractivity contribution in [2.75, 3.05) is 5.73 Å². The maximum absolute atomic E-state index is 11.4. The molecular formula is C13H11N3O4. The molecule has 0 atom stereocenters. The quantitative estimate of drug-likeness (QED) is 0.501. The summed E-state index contributed by atoms with van der Waals surface area (Å²) in [5, 5.41) is 10.7. The van der Waals surface area contributed by atoms with Gasteiger partial charge in [0.05, 0.1) is 16.2 Å². The molecule has 7 heteroatoms. The van der Waals surface area contributed by atoms with Crippen molar-refractivity contribution in [3.05, 3.63) is 58.1 Å². The third-order valence-corrected chi connectivity index (χ3v) is 2.58. The van der Waals surface area contributed by atoms with Crippen LogP contribution in [0.1, 0.15) is 10.4 Å². The predicted molar refractivity (Wildman–Crippen MR) is 72.5 cm³/mol. The second kappa shape index (κ2) is 5.27. The van der Waals surface area contributed by atoms with Crippen molar-refractivity contribution >= 4 is 17.3 Å². The van der Waals surface area contributed by atoms with Crippen molar-refractivity contribution < 1.29 is 14.5 Å². The standard InChI is InChI=1S/C13H11N3O4/c14-10-3-1-2-4-12(10)20-11-6-5-8(16(18)19)7-9(11)13(15)17/h1-7H,14H2,(H2,15,17). The molecule has 0 saturated carbocycles. The summed E-state index contributed by atoms with van der Waals surface area (Å²) in [4.78, 5) is 21.4. The Morgan fingerprint density at radius 3 is 2.45 bits per heavy atom. The number of amides is 1. The maximum atomic E-state index is 11.4. The zero-order chi connectivity index (χ0) is 14.7. The van der Waals surface area contributed by atoms with Gasteiger partial charge in [-0.15, -0.1) is 0 Å². The van der Waals surface area contributed by atoms with Crippen LogP contribution in [0.4, 0.5) is 11.4 Å². The van der Waals surface area contributed by atoms with Gasteiger partial charge in [-0.25, -0.2) is 0 Å². The number of nitro groups is 1. The molecule has 2 aromatic rings. The first-order valence-corrected chi connectivity index (χ1v) is 5.59. The monoisotopic (exact) mass is 273 g/mol. The molecule has 0 aliphatic heterocycles. The van der Waals surface area contributed by atoms with E-state index >= 15 is 0 Å². The molecule has 0 bridgehead atoms. The van der Waals surface area contributed by atoms with Crippen LogP contribution in [-0.2, 0) is 0 Å². The number of carbonyl (C=O) groups excluding carboxylic acids is 1. The van der Waals surface area contributed by atoms with Crippen LogP contribution in [0, 0.1) is 10.1 Å². The highest BCUT2D eigenvalue weighted by Gasteiger charge is 2.16. The van der Waals surface area contributed by atoms with E-state index in [9.17, 15) is 14.9 Å². The fourth-order valence-electron chi connectivity index (χ4n) is 1.61. The average molecular weight is 273 g/mol. The van der Waals surface area contributed by atoms with E-state index < -0.39 is 10.8 Å². The van der Waals surface area contributed by atoms with E-state index in [4.69, 9.17) is 16.2 Å². The molecule has 0 aliphatic rings. The summed E-state index contributed by atoms with van der Waals surface area (Å²) in [6, 6.07) is 10.3. The summed E-state index contributed by atoms with van der Waals surface area (Å²) in [7, 11) is 0. The number of para-hydroxylation sites is 2. The number of ether oxygens (including phenoxy) is 1. The van der Waals surface area contributed by atoms with E-state index in [1.54, 1.807) is 24.3 Å². The third kappa shape index (κ3) is 2.66. The van der Waals surface area contributed by atoms with Crippen LogP contribution >= 0.6 is 0 Å². The van der Waals surface area contributed by atoms with Crippen molar-refractivity contribution in [3.8, 4) is 11.5 Å². The molecule has 0 fully saturated rings. The van der Waals surface area contributed by atoms with E-state index in [1.165, 1.54) is 12.1 Å². The second-order valence-corrected chi connectivity index (χ2v) is 3.94. The molecule has 0 unspecified atom stereocenters. The normalized spacial score (nSPS) is 10.0. The van der Waals surface area contributed by atoms with Gasteiger partial charge < -0.3 is 16.2 Å². The number of nitro benzene ring substituents is 1. The molecule has 2 rings (SSSR count). The van der Waals surface area contributed by atoms with E-state index in [2.05, 4.69) is 0 Å². The number of carbonyl (C=O) groups is 1. The first kappa shape index (κ1) is 13.3. The van der Waals surface area contributed by atoms with Gasteiger partial charge in [0.2, 0.25) is 0 Å². The minimum atomic E-state index is -0.821. The smallest absolute Gasteiger partial charge is 0.270 e. The number of benzene rings is 2. The van der Waals surface area contributed by atoms with Gasteiger partial charge in [-0.2, -0.15) is 0 Å². The van der Waals surface area contributed by atoms with Gasteiger partial charge in [0.1, 0.15) is 11.5 Å². The summed E-state index contributed by atoms with van der Waals surface area (Å²) in [6.45, 7) is 0. The molecular weight excluding hydrogens is 262 g/mol. The average Bonchev–Trinajstić information content (AvgIpc) is 2.41. The van der Waals surface area contributed by atoms with E-state index in [-0.39, 0.29) is 17.0 Å². The van der Waals surface area contributed by atoms with Gasteiger partial charge in [0, 0.05) is 12.1 Å². The van der Waals surface area contributed by atoms with Gasteiger partial charge in [-0.05, 0) is 18.2 Å². The van der Waals surface area contributed by atoms with Crippen LogP contribution in [-0.4, -0.2) is 10.8 Å². The minimum Gasteiger partial charge on any atom is -0.454 e. The van der Waals surface area contributed by atoms with Crippen LogP contribution in [0.25, 0.3) is 0 Å². The second-order valence-electron chi connectivity index (χ2n) is 3.94. The molecule has 2 aromatic carbocycles. The van der Waals surface area contributed by atoms with Gasteiger partial charge in [0.25, 0.3) is 11.6 Å². The molecule has 0 aliphatic carbocycles. The molecule has 0 spiro atoms. The van der Waals surface area contributed by atoms with Crippen LogP contribution in [0.3, 0.4) is 0 Å². The summed E-state index contributed by atoms with van der Waals surface area (Å²) < 4.78 is 5.49. The van der Waals surface area contributed by atoms with Crippen molar-refractivity contribution in [2.24, 2.45) is 5.73 Å². The highest BCUT2D eigenvalue weighted by atomic mass is 16.6. The fraction of sp³-hybridized carbons (Fsp3) is 0. The Bertz CT molecular complexity index is 685. The number of nitrogens with zero attached hydrogens (tertiary/aromatic N) is 1. The van der Waals surface area contributed by atoms with Crippen molar-refractivity contribution in [1.29, 1.82) is 0 Å². The van der Waals surface area contributed by atoms with Gasteiger partial charge >= 0.3 is 0 Å². The first-order valence-electron chi connectivity index (χ1n) is 5.59. The minimum absolute atomic E-state index is 0.0811. The summed E-state index contributed by atoms with van der Waals surface area (Å²) in [6.07, 6.45) is 0. The molecule has 0 heterocycles. The van der Waals surface area contributed by atoms with Crippen LogP contribution in [0.15, 0.2) is 42.5 Å². The number of anilines is 1. The summed E-state index contributed by atoms with van der Waals surface area (Å²) in [5.41, 5.74) is 11.0. The Morgan fingerprint density at radius 2 is 1.85 bits per heavy atom. The van der Waals surface area contributed by atoms with Crippen molar-refractivity contribution in [3.63, 3.8) is 0 Å². The summed E-state index contributed by atoms with van der Waals surface area (Å²) >= 11 is 0. The Hall–Kier alpha value is -3.09. The number of nitrogens with two attached hydrogens (primary N) is 2. The van der Waals surface area contributed by atoms with Gasteiger partial charge in [0.15, 0.2) is 0 Å². The van der Waals surface area contributed by atoms with E-state index in [1.807, 2.05) is 0 Å². The number of nitrogen functional groups attached to an aromatic ring is 1. The first-order chi connectivity index (χ1) is 9.49. The molecule has 20 heavy (non-hydrogen) atoms. The van der Waals surface area contributed by atoms with Crippen molar-refractivity contribution in [2.45, 2.75) is 0 Å². The van der Waals surface area contributed by atoms with Gasteiger partial charge in [-0.3, -0.25) is 14.9 Å². The third-order valence-electron chi connectivity index (χ3n) is 2.58. The highest BCUT2D eigenvalue weighted by molar-refractivity contribution is 5.96. The number of non-ortho nitro benzene ring substituents is 1. The number of hydrogen-bond donors (Lipinski definition) is 2. The molecule has 0 radical (unpaired) electrons. The molecule has 0 aromatic heterocycles. The number of hydrogen-bond acceptors (Lipinski definition) is 5. The van der Waals surface area contributed by atoms with Gasteiger partial charge in [-0.1, -0.05) is 12.1 Å². The lowest BCUT2D eigenvalue weighted by atomic mass is 10.1. The van der Waals surface area contributed by atoms with E-state index in [0.717, 1.165) is 6.07 Å². The Labute approximate surface area is 113 Å². The van der Waals surface area contributed by atoms with E-state index in [0.29, 0.717) is 11.4 Å². The lowest BCUT2D eigenvalue weighted by molar-refractivity contribution is -0.384. The number of rotatable bonds is 4. The lowest BCUT2D eigenvalue weighted by Gasteiger charge is -2.10. The van der Waals surface area contributed by atoms with Crippen LogP contribution in [0.2, 0.25) is 0 Å². The Balaban J connectivity index is 2.44. The molecule has 0 saturated heterocycles. The van der Waals surface area contributed by atoms with Crippen LogP contribution in [0.5, 0.6) is 11.5 Å². The largest absolute Gasteiger partial charge is 0.454 e. The lowest BCUT2D eigenvalue weighted by Crippen LogP contribution is -2.12. The fourth-order valence-corrected chi connectivity index (χ4v) is 1.61. The van der Waals surface area contributed by atoms with Crippen LogP contribution < -0.4 is 16.2 Å². The predicted octanol–water partition coefficient (Wildman–Crippen LogP) is 2.07. The summed E-state index contributed by atoms with van der Waals surface area (Å²) in [5.74, 6) is -0.372.